The van der Waals surface area contributed by atoms with Crippen molar-refractivity contribution in [2.75, 3.05) is 45.3 Å². The summed E-state index contributed by atoms with van der Waals surface area (Å²) < 4.78 is 5.15. The molecule has 1 N–H and O–H groups in total. The molecule has 1 aromatic rings. The molecule has 2 heterocycles. The predicted molar refractivity (Wildman–Crippen MR) is 75.8 cm³/mol. The molecule has 0 bridgehead atoms. The van der Waals surface area contributed by atoms with E-state index < -0.39 is 0 Å². The van der Waals surface area contributed by atoms with E-state index in [9.17, 15) is 5.26 Å². The van der Waals surface area contributed by atoms with Crippen molar-refractivity contribution >= 4 is 5.69 Å². The van der Waals surface area contributed by atoms with Crippen LogP contribution in [0.15, 0.2) is 12.3 Å². The van der Waals surface area contributed by atoms with Crippen LogP contribution in [0.25, 0.3) is 0 Å². The van der Waals surface area contributed by atoms with Crippen molar-refractivity contribution in [3.8, 4) is 11.9 Å². The molecule has 1 atom stereocenters. The number of aromatic nitrogens is 1. The second-order valence-corrected chi connectivity index (χ2v) is 4.92. The number of hydrogen-bond acceptors (Lipinski definition) is 6. The minimum Gasteiger partial charge on any atom is -0.480 e. The Morgan fingerprint density at radius 2 is 2.35 bits per heavy atom. The van der Waals surface area contributed by atoms with E-state index in [0.29, 0.717) is 17.5 Å². The average molecular weight is 276 g/mol. The molecular formula is C14H20N4O2. The first-order valence-corrected chi connectivity index (χ1v) is 6.70. The number of rotatable bonds is 4. The van der Waals surface area contributed by atoms with Gasteiger partial charge in [0, 0.05) is 38.5 Å². The van der Waals surface area contributed by atoms with Gasteiger partial charge in [0.25, 0.3) is 0 Å². The van der Waals surface area contributed by atoms with Gasteiger partial charge in [-0.2, -0.15) is 5.26 Å². The second kappa shape index (κ2) is 6.55. The molecule has 0 radical (unpaired) electrons. The van der Waals surface area contributed by atoms with Crippen molar-refractivity contribution in [1.29, 1.82) is 5.26 Å². The number of likely N-dealkylation sites (N-methyl/N-ethyl adjacent to an activating group) is 1. The lowest BCUT2D eigenvalue weighted by atomic mass is 10.1. The van der Waals surface area contributed by atoms with Gasteiger partial charge < -0.3 is 14.7 Å². The van der Waals surface area contributed by atoms with Gasteiger partial charge in [-0.3, -0.25) is 4.90 Å². The number of piperazine rings is 1. The Morgan fingerprint density at radius 3 is 3.00 bits per heavy atom. The maximum atomic E-state index is 9.34. The Hall–Kier alpha value is -1.84. The van der Waals surface area contributed by atoms with Crippen LogP contribution in [0.1, 0.15) is 12.0 Å². The van der Waals surface area contributed by atoms with Crippen molar-refractivity contribution in [3.05, 3.63) is 17.8 Å². The highest BCUT2D eigenvalue weighted by atomic mass is 16.5. The number of nitrogens with zero attached hydrogens (tertiary/aromatic N) is 4. The molecule has 6 heteroatoms. The fourth-order valence-electron chi connectivity index (χ4n) is 2.58. The quantitative estimate of drug-likeness (QED) is 0.861. The van der Waals surface area contributed by atoms with Crippen LogP contribution in [-0.4, -0.2) is 61.4 Å². The van der Waals surface area contributed by atoms with Crippen LogP contribution in [-0.2, 0) is 0 Å². The summed E-state index contributed by atoms with van der Waals surface area (Å²) >= 11 is 0. The van der Waals surface area contributed by atoms with Crippen LogP contribution in [0.2, 0.25) is 0 Å². The number of anilines is 1. The average Bonchev–Trinajstić information content (AvgIpc) is 2.48. The molecule has 0 saturated carbocycles. The molecule has 1 aliphatic rings. The van der Waals surface area contributed by atoms with E-state index in [1.165, 1.54) is 7.11 Å². The SMILES string of the molecule is COc1nccc(N2CCN(C)C(CCO)C2)c1C#N. The van der Waals surface area contributed by atoms with E-state index >= 15 is 0 Å². The molecule has 1 aromatic heterocycles. The monoisotopic (exact) mass is 276 g/mol. The molecule has 108 valence electrons. The van der Waals surface area contributed by atoms with Gasteiger partial charge in [-0.25, -0.2) is 4.98 Å². The molecule has 1 aliphatic heterocycles. The largest absolute Gasteiger partial charge is 0.480 e. The first kappa shape index (κ1) is 14.6. The Bertz CT molecular complexity index is 500. The zero-order valence-electron chi connectivity index (χ0n) is 11.9. The highest BCUT2D eigenvalue weighted by Gasteiger charge is 2.26. The Labute approximate surface area is 119 Å². The summed E-state index contributed by atoms with van der Waals surface area (Å²) in [4.78, 5) is 8.49. The fourth-order valence-corrected chi connectivity index (χ4v) is 2.58. The molecule has 0 aromatic carbocycles. The summed E-state index contributed by atoms with van der Waals surface area (Å²) in [6, 6.07) is 4.32. The van der Waals surface area contributed by atoms with Crippen LogP contribution >= 0.6 is 0 Å². The Morgan fingerprint density at radius 1 is 1.55 bits per heavy atom. The highest BCUT2D eigenvalue weighted by Crippen LogP contribution is 2.28. The molecule has 1 fully saturated rings. The second-order valence-electron chi connectivity index (χ2n) is 4.92. The summed E-state index contributed by atoms with van der Waals surface area (Å²) in [6.45, 7) is 2.72. The number of hydrogen-bond donors (Lipinski definition) is 1. The number of aliphatic hydroxyl groups excluding tert-OH is 1. The predicted octanol–water partition coefficient (Wildman–Crippen LogP) is 0.465. The van der Waals surface area contributed by atoms with Gasteiger partial charge in [0.15, 0.2) is 0 Å². The maximum absolute atomic E-state index is 9.34. The lowest BCUT2D eigenvalue weighted by Gasteiger charge is -2.40. The van der Waals surface area contributed by atoms with Gasteiger partial charge in [-0.15, -0.1) is 0 Å². The lowest BCUT2D eigenvalue weighted by molar-refractivity contribution is 0.171. The maximum Gasteiger partial charge on any atom is 0.233 e. The third-order valence-electron chi connectivity index (χ3n) is 3.78. The van der Waals surface area contributed by atoms with Gasteiger partial charge in [-0.1, -0.05) is 0 Å². The molecule has 0 aliphatic carbocycles. The first-order valence-electron chi connectivity index (χ1n) is 6.70. The van der Waals surface area contributed by atoms with Gasteiger partial charge in [0.2, 0.25) is 5.88 Å². The van der Waals surface area contributed by atoms with Gasteiger partial charge in [0.05, 0.1) is 12.8 Å². The third kappa shape index (κ3) is 2.84. The van der Waals surface area contributed by atoms with Gasteiger partial charge in [-0.05, 0) is 19.5 Å². The standard InChI is InChI=1S/C14H20N4O2/c1-17-6-7-18(10-11(17)4-8-19)13-3-5-16-14(20-2)12(13)9-15/h3,5,11,19H,4,6-8,10H2,1-2H3. The first-order chi connectivity index (χ1) is 9.71. The van der Waals surface area contributed by atoms with E-state index in [4.69, 9.17) is 9.84 Å². The number of methoxy groups -OCH3 is 1. The molecule has 1 unspecified atom stereocenters. The van der Waals surface area contributed by atoms with Crippen molar-refractivity contribution in [3.63, 3.8) is 0 Å². The minimum absolute atomic E-state index is 0.174. The smallest absolute Gasteiger partial charge is 0.233 e. The third-order valence-corrected chi connectivity index (χ3v) is 3.78. The summed E-state index contributed by atoms with van der Waals surface area (Å²) in [6.07, 6.45) is 2.39. The van der Waals surface area contributed by atoms with E-state index in [0.717, 1.165) is 31.7 Å². The van der Waals surface area contributed by atoms with Crippen LogP contribution in [0.4, 0.5) is 5.69 Å². The molecule has 2 rings (SSSR count). The fraction of sp³-hybridized carbons (Fsp3) is 0.571. The van der Waals surface area contributed by atoms with E-state index in [1.54, 1.807) is 6.20 Å². The molecule has 1 saturated heterocycles. The summed E-state index contributed by atoms with van der Waals surface area (Å²) in [5, 5.41) is 18.5. The zero-order valence-corrected chi connectivity index (χ0v) is 11.9. The number of aliphatic hydroxyl groups is 1. The Balaban J connectivity index is 2.26. The van der Waals surface area contributed by atoms with E-state index in [2.05, 4.69) is 27.9 Å². The van der Waals surface area contributed by atoms with Crippen LogP contribution in [0.3, 0.4) is 0 Å². The van der Waals surface area contributed by atoms with Crippen molar-refractivity contribution in [1.82, 2.24) is 9.88 Å². The van der Waals surface area contributed by atoms with Crippen molar-refractivity contribution in [2.45, 2.75) is 12.5 Å². The van der Waals surface area contributed by atoms with Gasteiger partial charge >= 0.3 is 0 Å². The molecule has 0 amide bonds. The number of ether oxygens (including phenoxy) is 1. The van der Waals surface area contributed by atoms with Crippen molar-refractivity contribution < 1.29 is 9.84 Å². The van der Waals surface area contributed by atoms with Crippen LogP contribution < -0.4 is 9.64 Å². The molecule has 6 nitrogen and oxygen atoms in total. The van der Waals surface area contributed by atoms with Crippen molar-refractivity contribution in [2.24, 2.45) is 0 Å². The molecule has 0 spiro atoms. The van der Waals surface area contributed by atoms with E-state index in [-0.39, 0.29) is 6.61 Å². The lowest BCUT2D eigenvalue weighted by Crippen LogP contribution is -2.52. The number of pyridine rings is 1. The topological polar surface area (TPSA) is 72.6 Å². The van der Waals surface area contributed by atoms with Crippen LogP contribution in [0, 0.1) is 11.3 Å². The molecule has 20 heavy (non-hydrogen) atoms. The zero-order chi connectivity index (χ0) is 14.5. The summed E-state index contributed by atoms with van der Waals surface area (Å²) in [5.74, 6) is 0.364. The molecular weight excluding hydrogens is 256 g/mol. The van der Waals surface area contributed by atoms with Crippen LogP contribution in [0.5, 0.6) is 5.88 Å². The Kier molecular flexibility index (Phi) is 4.77. The normalized spacial score (nSPS) is 19.7. The summed E-state index contributed by atoms with van der Waals surface area (Å²) in [7, 11) is 3.58. The van der Waals surface area contributed by atoms with E-state index in [1.807, 2.05) is 6.07 Å². The number of nitriles is 1. The highest BCUT2D eigenvalue weighted by molar-refractivity contribution is 5.63. The van der Waals surface area contributed by atoms with Gasteiger partial charge in [0.1, 0.15) is 11.6 Å². The minimum atomic E-state index is 0.174. The summed E-state index contributed by atoms with van der Waals surface area (Å²) in [5.41, 5.74) is 1.33.